The first-order valence-corrected chi connectivity index (χ1v) is 14.1. The molecule has 224 valence electrons. The first-order chi connectivity index (χ1) is 20.0. The van der Waals surface area contributed by atoms with Gasteiger partial charge < -0.3 is 4.74 Å². The van der Waals surface area contributed by atoms with Gasteiger partial charge in [-0.25, -0.2) is 13.6 Å². The first-order valence-electron chi connectivity index (χ1n) is 14.1. The lowest BCUT2D eigenvalue weighted by atomic mass is 9.74. The second-order valence-electron chi connectivity index (χ2n) is 11.7. The van der Waals surface area contributed by atoms with Crippen molar-refractivity contribution in [3.05, 3.63) is 87.4 Å². The second kappa shape index (κ2) is 11.0. The topological polar surface area (TPSA) is 67.6 Å². The third kappa shape index (κ3) is 5.49. The standard InChI is InChI=1S/C30H32F5N5O2/c1-19-4-3-7-38(13-19)14-20-8-24(30(33,34)35)26-16-39(28(41)40(26)15-20)23-6-2-5-22(10-23)29(17-42-18-29)11-25-21(9-27(31)32)12-36-37-25/h2,5-6,8,10,12,15-16,19,27H,3-4,7,9,11,13-14,17-18H2,1H3,(H,36,37)/t19-/m0/s1. The maximum absolute atomic E-state index is 14.2. The molecule has 0 amide bonds. The molecule has 2 fully saturated rings. The van der Waals surface area contributed by atoms with Gasteiger partial charge in [-0.2, -0.15) is 18.3 Å². The summed E-state index contributed by atoms with van der Waals surface area (Å²) in [6, 6.07) is 8.17. The molecule has 1 aromatic carbocycles. The molecule has 0 spiro atoms. The van der Waals surface area contributed by atoms with Crippen LogP contribution in [-0.4, -0.2) is 56.8 Å². The number of fused-ring (bicyclic) bond motifs is 1. The maximum Gasteiger partial charge on any atom is 0.418 e. The lowest BCUT2D eigenvalue weighted by Gasteiger charge is -2.42. The molecular weight excluding hydrogens is 557 g/mol. The Morgan fingerprint density at radius 3 is 2.69 bits per heavy atom. The molecule has 5 heterocycles. The average Bonchev–Trinajstić information content (AvgIpc) is 3.48. The normalized spacial score (nSPS) is 19.5. The van der Waals surface area contributed by atoms with Crippen molar-refractivity contribution in [2.24, 2.45) is 5.92 Å². The third-order valence-corrected chi connectivity index (χ3v) is 8.47. The summed E-state index contributed by atoms with van der Waals surface area (Å²) >= 11 is 0. The molecule has 12 heteroatoms. The highest BCUT2D eigenvalue weighted by Gasteiger charge is 2.42. The summed E-state index contributed by atoms with van der Waals surface area (Å²) in [6.45, 7) is 4.72. The number of benzene rings is 1. The Morgan fingerprint density at radius 1 is 1.19 bits per heavy atom. The van der Waals surface area contributed by atoms with Crippen LogP contribution in [0.3, 0.4) is 0 Å². The monoisotopic (exact) mass is 589 g/mol. The number of likely N-dealkylation sites (tertiary alicyclic amines) is 1. The van der Waals surface area contributed by atoms with Crippen molar-refractivity contribution in [3.63, 3.8) is 0 Å². The number of rotatable bonds is 8. The molecule has 0 saturated carbocycles. The van der Waals surface area contributed by atoms with E-state index in [-0.39, 0.29) is 5.52 Å². The van der Waals surface area contributed by atoms with E-state index in [1.54, 1.807) is 18.2 Å². The lowest BCUT2D eigenvalue weighted by molar-refractivity contribution is -0.136. The van der Waals surface area contributed by atoms with Gasteiger partial charge in [-0.15, -0.1) is 0 Å². The van der Waals surface area contributed by atoms with Crippen LogP contribution >= 0.6 is 0 Å². The van der Waals surface area contributed by atoms with E-state index in [1.807, 2.05) is 6.07 Å². The zero-order valence-electron chi connectivity index (χ0n) is 23.1. The van der Waals surface area contributed by atoms with Crippen LogP contribution in [0.2, 0.25) is 0 Å². The Bertz CT molecular complexity index is 1630. The van der Waals surface area contributed by atoms with Crippen LogP contribution in [0.4, 0.5) is 22.0 Å². The summed E-state index contributed by atoms with van der Waals surface area (Å²) in [5, 5.41) is 6.77. The number of nitrogens with one attached hydrogen (secondary N) is 1. The first kappa shape index (κ1) is 28.6. The van der Waals surface area contributed by atoms with E-state index in [1.165, 1.54) is 23.2 Å². The lowest BCUT2D eigenvalue weighted by Crippen LogP contribution is -2.48. The van der Waals surface area contributed by atoms with Crippen LogP contribution in [0.5, 0.6) is 0 Å². The van der Waals surface area contributed by atoms with E-state index in [4.69, 9.17) is 4.74 Å². The number of aromatic nitrogens is 4. The van der Waals surface area contributed by atoms with Gasteiger partial charge in [0.15, 0.2) is 0 Å². The highest BCUT2D eigenvalue weighted by molar-refractivity contribution is 5.58. The zero-order chi connectivity index (χ0) is 29.6. The van der Waals surface area contributed by atoms with E-state index in [9.17, 15) is 26.7 Å². The van der Waals surface area contributed by atoms with Crippen molar-refractivity contribution < 1.29 is 26.7 Å². The van der Waals surface area contributed by atoms with Crippen molar-refractivity contribution in [1.82, 2.24) is 24.1 Å². The highest BCUT2D eigenvalue weighted by atomic mass is 19.4. The van der Waals surface area contributed by atoms with E-state index < -0.39 is 35.7 Å². The smallest absolute Gasteiger partial charge is 0.379 e. The average molecular weight is 590 g/mol. The highest BCUT2D eigenvalue weighted by Crippen LogP contribution is 2.38. The van der Waals surface area contributed by atoms with Gasteiger partial charge in [0.2, 0.25) is 6.43 Å². The second-order valence-corrected chi connectivity index (χ2v) is 11.7. The Hall–Kier alpha value is -3.51. The van der Waals surface area contributed by atoms with Crippen molar-refractivity contribution >= 4 is 5.52 Å². The van der Waals surface area contributed by atoms with E-state index in [0.29, 0.717) is 54.6 Å². The van der Waals surface area contributed by atoms with Crippen LogP contribution in [-0.2, 0) is 35.7 Å². The van der Waals surface area contributed by atoms with Gasteiger partial charge in [0.25, 0.3) is 0 Å². The molecule has 0 aliphatic carbocycles. The van der Waals surface area contributed by atoms with Gasteiger partial charge in [0, 0.05) is 49.4 Å². The van der Waals surface area contributed by atoms with E-state index in [0.717, 1.165) is 42.0 Å². The summed E-state index contributed by atoms with van der Waals surface area (Å²) in [4.78, 5) is 15.7. The number of alkyl halides is 5. The minimum atomic E-state index is -4.65. The molecule has 0 bridgehead atoms. The van der Waals surface area contributed by atoms with Crippen LogP contribution in [0, 0.1) is 5.92 Å². The van der Waals surface area contributed by atoms with Crippen LogP contribution in [0.15, 0.2) is 53.7 Å². The molecule has 2 saturated heterocycles. The minimum Gasteiger partial charge on any atom is -0.379 e. The van der Waals surface area contributed by atoms with E-state index >= 15 is 0 Å². The molecule has 4 aromatic rings. The summed E-state index contributed by atoms with van der Waals surface area (Å²) in [6.07, 6.45) is -0.996. The number of aromatic amines is 1. The molecule has 0 radical (unpaired) electrons. The van der Waals surface area contributed by atoms with Crippen LogP contribution < -0.4 is 5.69 Å². The number of nitrogens with zero attached hydrogens (tertiary/aromatic N) is 4. The predicted octanol–water partition coefficient (Wildman–Crippen LogP) is 5.38. The van der Waals surface area contributed by atoms with Gasteiger partial charge >= 0.3 is 11.9 Å². The molecule has 0 unspecified atom stereocenters. The number of pyridine rings is 1. The fourth-order valence-corrected chi connectivity index (χ4v) is 6.31. The molecule has 1 N–H and O–H groups in total. The number of H-pyrrole nitrogens is 1. The molecule has 42 heavy (non-hydrogen) atoms. The Balaban J connectivity index is 1.37. The Kier molecular flexibility index (Phi) is 7.46. The summed E-state index contributed by atoms with van der Waals surface area (Å²) in [5.74, 6) is 0.467. The third-order valence-electron chi connectivity index (χ3n) is 8.47. The zero-order valence-corrected chi connectivity index (χ0v) is 23.1. The molecular formula is C30H32F5N5O2. The van der Waals surface area contributed by atoms with Gasteiger partial charge in [-0.3, -0.25) is 19.0 Å². The largest absolute Gasteiger partial charge is 0.418 e. The molecule has 3 aromatic heterocycles. The number of halogens is 5. The Labute approximate surface area is 238 Å². The van der Waals surface area contributed by atoms with Crippen molar-refractivity contribution in [2.45, 2.75) is 57.2 Å². The fourth-order valence-electron chi connectivity index (χ4n) is 6.31. The van der Waals surface area contributed by atoms with Gasteiger partial charge in [-0.1, -0.05) is 19.1 Å². The summed E-state index contributed by atoms with van der Waals surface area (Å²) in [5.41, 5.74) is 0.411. The number of ether oxygens (including phenoxy) is 1. The number of imidazole rings is 1. The minimum absolute atomic E-state index is 0.218. The van der Waals surface area contributed by atoms with Crippen molar-refractivity contribution in [1.29, 1.82) is 0 Å². The van der Waals surface area contributed by atoms with Crippen LogP contribution in [0.25, 0.3) is 11.2 Å². The quantitative estimate of drug-likeness (QED) is 0.280. The van der Waals surface area contributed by atoms with Crippen molar-refractivity contribution in [3.8, 4) is 5.69 Å². The SMILES string of the molecule is C[C@H]1CCCN(Cc2cc(C(F)(F)F)c3cn(-c4cccc(C5(Cc6[nH]ncc6CC(F)F)COC5)c4)c(=O)n3c2)C1. The molecule has 7 nitrogen and oxygen atoms in total. The molecule has 1 atom stereocenters. The number of hydrogen-bond acceptors (Lipinski definition) is 4. The van der Waals surface area contributed by atoms with Gasteiger partial charge in [0.05, 0.1) is 36.2 Å². The summed E-state index contributed by atoms with van der Waals surface area (Å²) < 4.78 is 76.7. The number of piperidine rings is 1. The Morgan fingerprint density at radius 2 is 2.00 bits per heavy atom. The fraction of sp³-hybridized carbons (Fsp3) is 0.467. The van der Waals surface area contributed by atoms with E-state index in [2.05, 4.69) is 22.0 Å². The number of hydrogen-bond donors (Lipinski definition) is 1. The molecule has 2 aliphatic heterocycles. The summed E-state index contributed by atoms with van der Waals surface area (Å²) in [7, 11) is 0. The molecule has 2 aliphatic rings. The van der Waals surface area contributed by atoms with Gasteiger partial charge in [0.1, 0.15) is 0 Å². The van der Waals surface area contributed by atoms with Crippen molar-refractivity contribution in [2.75, 3.05) is 26.3 Å². The molecule has 6 rings (SSSR count). The maximum atomic E-state index is 14.2. The van der Waals surface area contributed by atoms with Crippen LogP contribution in [0.1, 0.15) is 47.7 Å². The predicted molar refractivity (Wildman–Crippen MR) is 146 cm³/mol. The van der Waals surface area contributed by atoms with Gasteiger partial charge in [-0.05, 0) is 60.2 Å².